The normalized spacial score (nSPS) is 12.1. The van der Waals surface area contributed by atoms with Gasteiger partial charge in [0.25, 0.3) is 0 Å². The van der Waals surface area contributed by atoms with Gasteiger partial charge in [0.1, 0.15) is 5.75 Å². The first-order valence-corrected chi connectivity index (χ1v) is 8.00. The van der Waals surface area contributed by atoms with E-state index in [-0.39, 0.29) is 5.92 Å². The zero-order chi connectivity index (χ0) is 15.7. The van der Waals surface area contributed by atoms with Crippen molar-refractivity contribution in [2.45, 2.75) is 58.8 Å². The van der Waals surface area contributed by atoms with E-state index in [9.17, 15) is 9.90 Å². The van der Waals surface area contributed by atoms with Gasteiger partial charge in [-0.25, -0.2) is 0 Å². The Morgan fingerprint density at radius 1 is 1.24 bits per heavy atom. The second kappa shape index (κ2) is 9.43. The zero-order valence-corrected chi connectivity index (χ0v) is 13.5. The van der Waals surface area contributed by atoms with Gasteiger partial charge in [-0.15, -0.1) is 0 Å². The Morgan fingerprint density at radius 3 is 2.57 bits per heavy atom. The summed E-state index contributed by atoms with van der Waals surface area (Å²) in [5.74, 6) is -0.0947. The summed E-state index contributed by atoms with van der Waals surface area (Å²) >= 11 is 0. The topological polar surface area (TPSA) is 46.5 Å². The highest BCUT2D eigenvalue weighted by atomic mass is 16.5. The molecule has 118 valence electrons. The summed E-state index contributed by atoms with van der Waals surface area (Å²) in [6.45, 7) is 4.13. The van der Waals surface area contributed by atoms with Crippen molar-refractivity contribution in [2.75, 3.05) is 7.11 Å². The van der Waals surface area contributed by atoms with Crippen LogP contribution in [0.4, 0.5) is 0 Å². The Hall–Kier alpha value is -1.51. The number of unbranched alkanes of at least 4 members (excludes halogenated alkanes) is 3. The predicted molar refractivity (Wildman–Crippen MR) is 86.0 cm³/mol. The van der Waals surface area contributed by atoms with Crippen molar-refractivity contribution in [1.29, 1.82) is 0 Å². The molecule has 0 saturated carbocycles. The molecule has 0 amide bonds. The van der Waals surface area contributed by atoms with E-state index in [0.717, 1.165) is 24.2 Å². The van der Waals surface area contributed by atoms with Crippen LogP contribution in [-0.2, 0) is 17.6 Å². The monoisotopic (exact) mass is 292 g/mol. The minimum Gasteiger partial charge on any atom is -0.496 e. The van der Waals surface area contributed by atoms with Gasteiger partial charge in [0.15, 0.2) is 0 Å². The van der Waals surface area contributed by atoms with E-state index in [1.54, 1.807) is 7.11 Å². The lowest BCUT2D eigenvalue weighted by molar-refractivity contribution is -0.141. The largest absolute Gasteiger partial charge is 0.496 e. The molecule has 1 atom stereocenters. The fourth-order valence-electron chi connectivity index (χ4n) is 2.59. The Kier molecular flexibility index (Phi) is 7.88. The minimum atomic E-state index is -0.710. The number of methoxy groups -OCH3 is 1. The Morgan fingerprint density at radius 2 is 2.00 bits per heavy atom. The third-order valence-corrected chi connectivity index (χ3v) is 3.97. The molecule has 0 aliphatic carbocycles. The molecule has 1 N–H and O–H groups in total. The molecule has 3 heteroatoms. The maximum absolute atomic E-state index is 11.2. The Bertz CT molecular complexity index is 440. The van der Waals surface area contributed by atoms with Crippen molar-refractivity contribution in [3.8, 4) is 5.75 Å². The number of carboxylic acid groups (broad SMARTS) is 1. The lowest BCUT2D eigenvalue weighted by Crippen LogP contribution is -2.15. The van der Waals surface area contributed by atoms with Gasteiger partial charge in [-0.05, 0) is 42.9 Å². The van der Waals surface area contributed by atoms with Gasteiger partial charge < -0.3 is 9.84 Å². The van der Waals surface area contributed by atoms with Crippen molar-refractivity contribution < 1.29 is 14.6 Å². The van der Waals surface area contributed by atoms with E-state index in [0.29, 0.717) is 12.8 Å². The number of ether oxygens (including phenoxy) is 1. The van der Waals surface area contributed by atoms with Crippen LogP contribution in [0.2, 0.25) is 0 Å². The van der Waals surface area contributed by atoms with Crippen LogP contribution < -0.4 is 4.74 Å². The van der Waals surface area contributed by atoms with Crippen LogP contribution in [0.15, 0.2) is 18.2 Å². The second-order valence-electron chi connectivity index (χ2n) is 5.60. The van der Waals surface area contributed by atoms with Crippen molar-refractivity contribution in [2.24, 2.45) is 5.92 Å². The van der Waals surface area contributed by atoms with Crippen LogP contribution in [0.1, 0.15) is 57.1 Å². The Balaban J connectivity index is 2.76. The molecule has 1 aromatic rings. The summed E-state index contributed by atoms with van der Waals surface area (Å²) in [6.07, 6.45) is 7.14. The fourth-order valence-corrected chi connectivity index (χ4v) is 2.59. The molecule has 21 heavy (non-hydrogen) atoms. The third kappa shape index (κ3) is 5.78. The molecule has 0 saturated heterocycles. The highest BCUT2D eigenvalue weighted by Gasteiger charge is 2.16. The second-order valence-corrected chi connectivity index (χ2v) is 5.60. The molecule has 1 rings (SSSR count). The number of hydrogen-bond donors (Lipinski definition) is 1. The van der Waals surface area contributed by atoms with E-state index in [1.807, 2.05) is 19.1 Å². The van der Waals surface area contributed by atoms with Gasteiger partial charge in [-0.3, -0.25) is 4.79 Å². The summed E-state index contributed by atoms with van der Waals surface area (Å²) in [5.41, 5.74) is 2.29. The lowest BCUT2D eigenvalue weighted by atomic mass is 9.94. The van der Waals surface area contributed by atoms with Crippen LogP contribution in [0.5, 0.6) is 5.75 Å². The zero-order valence-electron chi connectivity index (χ0n) is 13.5. The molecule has 0 spiro atoms. The first kappa shape index (κ1) is 17.5. The molecule has 1 unspecified atom stereocenters. The fraction of sp³-hybridized carbons (Fsp3) is 0.611. The summed E-state index contributed by atoms with van der Waals surface area (Å²) in [5, 5.41) is 9.18. The maximum Gasteiger partial charge on any atom is 0.306 e. The van der Waals surface area contributed by atoms with Crippen LogP contribution in [-0.4, -0.2) is 18.2 Å². The molecule has 0 heterocycles. The molecule has 3 nitrogen and oxygen atoms in total. The average Bonchev–Trinajstić information content (AvgIpc) is 2.49. The molecule has 0 radical (unpaired) electrons. The van der Waals surface area contributed by atoms with E-state index in [1.165, 1.54) is 24.8 Å². The molecule has 0 fully saturated rings. The number of carbonyl (C=O) groups is 1. The highest BCUT2D eigenvalue weighted by Crippen LogP contribution is 2.24. The van der Waals surface area contributed by atoms with Gasteiger partial charge in [-0.1, -0.05) is 45.2 Å². The molecular weight excluding hydrogens is 264 g/mol. The number of aryl methyl sites for hydroxylation is 1. The van der Waals surface area contributed by atoms with E-state index < -0.39 is 5.97 Å². The maximum atomic E-state index is 11.2. The molecule has 0 aromatic heterocycles. The quantitative estimate of drug-likeness (QED) is 0.647. The van der Waals surface area contributed by atoms with Crippen molar-refractivity contribution in [1.82, 2.24) is 0 Å². The third-order valence-electron chi connectivity index (χ3n) is 3.97. The van der Waals surface area contributed by atoms with E-state index in [4.69, 9.17) is 4.74 Å². The first-order valence-electron chi connectivity index (χ1n) is 8.00. The van der Waals surface area contributed by atoms with Crippen LogP contribution in [0.25, 0.3) is 0 Å². The van der Waals surface area contributed by atoms with Gasteiger partial charge in [-0.2, -0.15) is 0 Å². The first-order chi connectivity index (χ1) is 10.1. The van der Waals surface area contributed by atoms with Gasteiger partial charge >= 0.3 is 5.97 Å². The molecule has 0 aliphatic rings. The summed E-state index contributed by atoms with van der Waals surface area (Å²) in [7, 11) is 1.69. The van der Waals surface area contributed by atoms with Gasteiger partial charge in [0.2, 0.25) is 0 Å². The van der Waals surface area contributed by atoms with E-state index >= 15 is 0 Å². The predicted octanol–water partition coefficient (Wildman–Crippen LogP) is 4.47. The number of rotatable bonds is 10. The molecule has 0 bridgehead atoms. The number of aliphatic carboxylic acids is 1. The smallest absolute Gasteiger partial charge is 0.306 e. The number of hydrogen-bond acceptors (Lipinski definition) is 2. The number of carboxylic acids is 1. The summed E-state index contributed by atoms with van der Waals surface area (Å²) in [6, 6.07) is 6.08. The highest BCUT2D eigenvalue weighted by molar-refractivity contribution is 5.70. The van der Waals surface area contributed by atoms with E-state index in [2.05, 4.69) is 13.0 Å². The van der Waals surface area contributed by atoms with Gasteiger partial charge in [0, 0.05) is 0 Å². The van der Waals surface area contributed by atoms with Crippen LogP contribution >= 0.6 is 0 Å². The molecular formula is C18H28O3. The van der Waals surface area contributed by atoms with Crippen molar-refractivity contribution >= 4 is 5.97 Å². The SMILES string of the molecule is CCCCCCc1cc(CC(CC)C(=O)O)ccc1OC. The van der Waals surface area contributed by atoms with Gasteiger partial charge in [0.05, 0.1) is 13.0 Å². The molecule has 0 aliphatic heterocycles. The molecule has 1 aromatic carbocycles. The summed E-state index contributed by atoms with van der Waals surface area (Å²) < 4.78 is 5.42. The number of benzene rings is 1. The summed E-state index contributed by atoms with van der Waals surface area (Å²) in [4.78, 5) is 11.2. The minimum absolute atomic E-state index is 0.300. The van der Waals surface area contributed by atoms with Crippen LogP contribution in [0.3, 0.4) is 0 Å². The van der Waals surface area contributed by atoms with Crippen LogP contribution in [0, 0.1) is 5.92 Å². The standard InChI is InChI=1S/C18H28O3/c1-4-6-7-8-9-16-13-14(10-11-17(16)21-3)12-15(5-2)18(19)20/h10-11,13,15H,4-9,12H2,1-3H3,(H,19,20). The average molecular weight is 292 g/mol. The van der Waals surface area contributed by atoms with Crippen molar-refractivity contribution in [3.05, 3.63) is 29.3 Å². The van der Waals surface area contributed by atoms with Crippen molar-refractivity contribution in [3.63, 3.8) is 0 Å². The lowest BCUT2D eigenvalue weighted by Gasteiger charge is -2.13. The Labute approximate surface area is 128 Å².